The zero-order chi connectivity index (χ0) is 26.9. The van der Waals surface area contributed by atoms with Gasteiger partial charge in [-0.1, -0.05) is 88.8 Å². The number of allylic oxidation sites excluding steroid dienone is 2. The van der Waals surface area contributed by atoms with Gasteiger partial charge in [0.25, 0.3) is 5.69 Å². The highest BCUT2D eigenvalue weighted by Gasteiger charge is 2.15. The molecule has 196 valence electrons. The smallest absolute Gasteiger partial charge is 0.294 e. The van der Waals surface area contributed by atoms with Gasteiger partial charge in [-0.2, -0.15) is 0 Å². The van der Waals surface area contributed by atoms with Crippen LogP contribution >= 0.6 is 0 Å². The van der Waals surface area contributed by atoms with E-state index in [0.717, 1.165) is 42.4 Å². The molecule has 6 heteroatoms. The van der Waals surface area contributed by atoms with Crippen LogP contribution in [0, 0.1) is 16.0 Å². The molecule has 0 heterocycles. The van der Waals surface area contributed by atoms with E-state index in [2.05, 4.69) is 63.5 Å². The van der Waals surface area contributed by atoms with Gasteiger partial charge in [0.15, 0.2) is 0 Å². The Morgan fingerprint density at radius 3 is 2.42 bits per heavy atom. The summed E-state index contributed by atoms with van der Waals surface area (Å²) < 4.78 is 0. The van der Waals surface area contributed by atoms with E-state index in [-0.39, 0.29) is 12.3 Å². The quantitative estimate of drug-likeness (QED) is 0.110. The predicted molar refractivity (Wildman–Crippen MR) is 153 cm³/mol. The Balaban J connectivity index is 0.000000681. The van der Waals surface area contributed by atoms with Crippen LogP contribution in [-0.4, -0.2) is 23.2 Å². The van der Waals surface area contributed by atoms with Crippen molar-refractivity contribution in [1.82, 2.24) is 0 Å². The molecular formula is C30H43N3O3. The molecule has 1 atom stereocenters. The van der Waals surface area contributed by atoms with Crippen LogP contribution in [0.2, 0.25) is 0 Å². The van der Waals surface area contributed by atoms with Gasteiger partial charge in [-0.15, -0.1) is 0 Å². The average molecular weight is 494 g/mol. The van der Waals surface area contributed by atoms with Crippen molar-refractivity contribution in [3.05, 3.63) is 100 Å². The van der Waals surface area contributed by atoms with Gasteiger partial charge in [0, 0.05) is 24.9 Å². The summed E-state index contributed by atoms with van der Waals surface area (Å²) in [6.45, 7) is 15.3. The van der Waals surface area contributed by atoms with Gasteiger partial charge in [-0.25, -0.2) is 0 Å². The zero-order valence-electron chi connectivity index (χ0n) is 22.1. The van der Waals surface area contributed by atoms with Crippen molar-refractivity contribution in [3.8, 4) is 0 Å². The van der Waals surface area contributed by atoms with E-state index in [1.54, 1.807) is 12.1 Å². The molecule has 1 unspecified atom stereocenters. The minimum Gasteiger partial charge on any atom is -0.399 e. The van der Waals surface area contributed by atoms with E-state index >= 15 is 0 Å². The van der Waals surface area contributed by atoms with Crippen molar-refractivity contribution in [3.63, 3.8) is 0 Å². The van der Waals surface area contributed by atoms with E-state index in [9.17, 15) is 10.1 Å². The highest BCUT2D eigenvalue weighted by atomic mass is 16.6. The molecule has 0 bridgehead atoms. The Kier molecular flexibility index (Phi) is 14.6. The summed E-state index contributed by atoms with van der Waals surface area (Å²) >= 11 is 0. The van der Waals surface area contributed by atoms with Gasteiger partial charge in [0.1, 0.15) is 5.69 Å². The lowest BCUT2D eigenvalue weighted by Gasteiger charge is -2.19. The minimum atomic E-state index is -0.440. The molecule has 0 fully saturated rings. The van der Waals surface area contributed by atoms with Crippen LogP contribution in [0.1, 0.15) is 58.4 Å². The van der Waals surface area contributed by atoms with Gasteiger partial charge in [0.2, 0.25) is 0 Å². The first-order valence-electron chi connectivity index (χ1n) is 12.7. The number of unbranched alkanes of at least 4 members (excludes halogenated alkanes) is 1. The number of nitrogens with zero attached hydrogens (tertiary/aromatic N) is 1. The van der Waals surface area contributed by atoms with E-state index in [4.69, 9.17) is 10.8 Å². The standard InChI is InChI=1S/C22H33N3O3.C8H10/c1-5-6-7-17(3)18(4)19(14-16(2)11-13-26)10-12-24-21-9-8-20(23)15-22(21)25(27)28;1-2-8-6-4-3-5-7-8/h8-9,14-15,17,24,26H,2,4-7,10-13,23H2,1,3H3;3-7H,2H2,1H3/b19-14-;. The highest BCUT2D eigenvalue weighted by Crippen LogP contribution is 2.29. The molecule has 2 rings (SSSR count). The van der Waals surface area contributed by atoms with Crippen molar-refractivity contribution < 1.29 is 10.0 Å². The molecule has 0 saturated heterocycles. The molecule has 0 aliphatic carbocycles. The van der Waals surface area contributed by atoms with Gasteiger partial charge in [-0.3, -0.25) is 10.1 Å². The molecule has 0 aromatic heterocycles. The lowest BCUT2D eigenvalue weighted by atomic mass is 9.88. The second-order valence-corrected chi connectivity index (χ2v) is 8.92. The first-order valence-corrected chi connectivity index (χ1v) is 12.7. The average Bonchev–Trinajstić information content (AvgIpc) is 2.87. The molecule has 2 aromatic carbocycles. The zero-order valence-corrected chi connectivity index (χ0v) is 22.1. The number of nitro groups is 1. The summed E-state index contributed by atoms with van der Waals surface area (Å²) in [5, 5.41) is 23.5. The summed E-state index contributed by atoms with van der Waals surface area (Å²) in [5.41, 5.74) is 10.8. The number of nitrogen functional groups attached to an aromatic ring is 1. The number of aliphatic hydroxyl groups is 1. The van der Waals surface area contributed by atoms with Crippen molar-refractivity contribution in [2.75, 3.05) is 24.2 Å². The van der Waals surface area contributed by atoms with Crippen molar-refractivity contribution in [2.24, 2.45) is 5.92 Å². The fourth-order valence-corrected chi connectivity index (χ4v) is 3.68. The predicted octanol–water partition coefficient (Wildman–Crippen LogP) is 7.48. The van der Waals surface area contributed by atoms with E-state index in [1.807, 2.05) is 12.1 Å². The maximum Gasteiger partial charge on any atom is 0.294 e. The number of rotatable bonds is 14. The molecule has 36 heavy (non-hydrogen) atoms. The topological polar surface area (TPSA) is 101 Å². The number of aliphatic hydroxyl groups excluding tert-OH is 1. The van der Waals surface area contributed by atoms with E-state index in [1.165, 1.54) is 11.6 Å². The number of anilines is 2. The monoisotopic (exact) mass is 493 g/mol. The number of hydrogen-bond donors (Lipinski definition) is 3. The van der Waals surface area contributed by atoms with Crippen LogP contribution in [-0.2, 0) is 6.42 Å². The fraction of sp³-hybridized carbons (Fsp3) is 0.400. The van der Waals surface area contributed by atoms with Gasteiger partial charge < -0.3 is 16.2 Å². The number of nitro benzene ring substituents is 1. The van der Waals surface area contributed by atoms with Crippen LogP contribution in [0.25, 0.3) is 0 Å². The van der Waals surface area contributed by atoms with Crippen molar-refractivity contribution in [2.45, 2.75) is 59.3 Å². The first kappa shape index (κ1) is 30.7. The molecule has 0 aliphatic heterocycles. The van der Waals surface area contributed by atoms with Crippen molar-refractivity contribution in [1.29, 1.82) is 0 Å². The van der Waals surface area contributed by atoms with Crippen LogP contribution in [0.5, 0.6) is 0 Å². The summed E-state index contributed by atoms with van der Waals surface area (Å²) in [6, 6.07) is 15.1. The normalized spacial score (nSPS) is 11.7. The maximum atomic E-state index is 11.2. The molecule has 6 nitrogen and oxygen atoms in total. The first-order chi connectivity index (χ1) is 17.2. The Bertz CT molecular complexity index is 1000. The van der Waals surface area contributed by atoms with Crippen LogP contribution in [0.3, 0.4) is 0 Å². The van der Waals surface area contributed by atoms with E-state index < -0.39 is 4.92 Å². The van der Waals surface area contributed by atoms with Crippen LogP contribution in [0.4, 0.5) is 17.1 Å². The number of hydrogen-bond acceptors (Lipinski definition) is 5. The van der Waals surface area contributed by atoms with Gasteiger partial charge in [0.05, 0.1) is 4.92 Å². The summed E-state index contributed by atoms with van der Waals surface area (Å²) in [6.07, 6.45) is 7.63. The summed E-state index contributed by atoms with van der Waals surface area (Å²) in [4.78, 5) is 10.8. The summed E-state index contributed by atoms with van der Waals surface area (Å²) in [7, 11) is 0. The minimum absolute atomic E-state index is 0.0367. The summed E-state index contributed by atoms with van der Waals surface area (Å²) in [5.74, 6) is 0.346. The second kappa shape index (κ2) is 17.1. The lowest BCUT2D eigenvalue weighted by molar-refractivity contribution is -0.383. The number of benzene rings is 2. The van der Waals surface area contributed by atoms with Crippen LogP contribution < -0.4 is 11.1 Å². The molecule has 0 radical (unpaired) electrons. The second-order valence-electron chi connectivity index (χ2n) is 8.92. The Morgan fingerprint density at radius 1 is 1.17 bits per heavy atom. The third kappa shape index (κ3) is 11.4. The maximum absolute atomic E-state index is 11.2. The fourth-order valence-electron chi connectivity index (χ4n) is 3.68. The molecule has 2 aromatic rings. The SMILES string of the molecule is C=C(/C=C(/CCNc1ccc(N)cc1[N+](=O)[O-])C(=C)C(C)CCCC)CCO.CCc1ccccc1. The Hall–Kier alpha value is -3.38. The lowest BCUT2D eigenvalue weighted by Crippen LogP contribution is -2.09. The Morgan fingerprint density at radius 2 is 1.86 bits per heavy atom. The molecular weight excluding hydrogens is 450 g/mol. The van der Waals surface area contributed by atoms with Gasteiger partial charge in [-0.05, 0) is 60.4 Å². The number of nitrogens with one attached hydrogen (secondary N) is 1. The molecule has 0 aliphatic rings. The van der Waals surface area contributed by atoms with E-state index in [0.29, 0.717) is 36.7 Å². The van der Waals surface area contributed by atoms with Crippen LogP contribution in [0.15, 0.2) is 84.5 Å². The highest BCUT2D eigenvalue weighted by molar-refractivity contribution is 5.66. The number of nitrogens with two attached hydrogens (primary N) is 1. The third-order valence-corrected chi connectivity index (χ3v) is 5.99. The molecule has 4 N–H and O–H groups in total. The molecule has 0 spiro atoms. The third-order valence-electron chi connectivity index (χ3n) is 5.99. The molecule has 0 saturated carbocycles. The molecule has 0 amide bonds. The largest absolute Gasteiger partial charge is 0.399 e. The number of aryl methyl sites for hydroxylation is 1. The van der Waals surface area contributed by atoms with Crippen molar-refractivity contribution >= 4 is 17.1 Å². The Labute approximate surface area is 216 Å². The van der Waals surface area contributed by atoms with Gasteiger partial charge >= 0.3 is 0 Å².